The van der Waals surface area contributed by atoms with Gasteiger partial charge in [-0.05, 0) is 13.8 Å². The van der Waals surface area contributed by atoms with Crippen molar-refractivity contribution >= 4 is 16.5 Å². The summed E-state index contributed by atoms with van der Waals surface area (Å²) in [7, 11) is 0. The Morgan fingerprint density at radius 3 is 2.94 bits per heavy atom. The van der Waals surface area contributed by atoms with Crippen molar-refractivity contribution in [2.75, 3.05) is 12.0 Å². The van der Waals surface area contributed by atoms with Crippen LogP contribution in [0.25, 0.3) is 0 Å². The van der Waals surface area contributed by atoms with Crippen LogP contribution in [0, 0.1) is 11.3 Å². The van der Waals surface area contributed by atoms with Crippen molar-refractivity contribution in [3.05, 3.63) is 11.1 Å². The summed E-state index contributed by atoms with van der Waals surface area (Å²) in [4.78, 5) is 7.52. The Morgan fingerprint density at radius 1 is 1.69 bits per heavy atom. The van der Waals surface area contributed by atoms with E-state index in [2.05, 4.69) is 35.2 Å². The molecule has 0 unspecified atom stereocenters. The summed E-state index contributed by atoms with van der Waals surface area (Å²) in [5, 5.41) is 9.31. The van der Waals surface area contributed by atoms with Crippen molar-refractivity contribution in [3.8, 4) is 6.07 Å². The lowest BCUT2D eigenvalue weighted by Crippen LogP contribution is -2.30. The number of nitrogens with zero attached hydrogens (tertiary/aromatic N) is 3. The Kier molecular flexibility index (Phi) is 5.19. The number of hydrogen-bond donors (Lipinski definition) is 2. The molecule has 0 bridgehead atoms. The van der Waals surface area contributed by atoms with E-state index >= 15 is 0 Å². The minimum absolute atomic E-state index is 0.421. The fraction of sp³-hybridized carbons (Fsp3) is 0.600. The van der Waals surface area contributed by atoms with Crippen LogP contribution < -0.4 is 11.3 Å². The lowest BCUT2D eigenvalue weighted by Gasteiger charge is -2.24. The normalized spacial score (nSPS) is 10.8. The molecule has 6 heteroatoms. The highest BCUT2D eigenvalue weighted by Gasteiger charge is 2.11. The first-order valence-electron chi connectivity index (χ1n) is 5.19. The molecule has 0 saturated carbocycles. The highest BCUT2D eigenvalue weighted by Crippen LogP contribution is 2.19. The first-order chi connectivity index (χ1) is 7.67. The van der Waals surface area contributed by atoms with Gasteiger partial charge in [-0.2, -0.15) is 5.26 Å². The van der Waals surface area contributed by atoms with Gasteiger partial charge in [0.2, 0.25) is 0 Å². The molecule has 16 heavy (non-hydrogen) atoms. The van der Waals surface area contributed by atoms with Crippen LogP contribution in [-0.2, 0) is 6.54 Å². The number of hydrogen-bond acceptors (Lipinski definition) is 6. The van der Waals surface area contributed by atoms with Crippen molar-refractivity contribution in [1.82, 2.24) is 9.88 Å². The molecule has 1 aromatic rings. The molecule has 0 spiro atoms. The first-order valence-corrected chi connectivity index (χ1v) is 6.01. The monoisotopic (exact) mass is 239 g/mol. The fourth-order valence-corrected chi connectivity index (χ4v) is 2.11. The Hall–Kier alpha value is -1.16. The first kappa shape index (κ1) is 12.9. The zero-order valence-corrected chi connectivity index (χ0v) is 10.4. The Morgan fingerprint density at radius 2 is 2.44 bits per heavy atom. The molecule has 1 rings (SSSR count). The van der Waals surface area contributed by atoms with E-state index in [4.69, 9.17) is 11.1 Å². The van der Waals surface area contributed by atoms with Gasteiger partial charge in [0, 0.05) is 36.6 Å². The summed E-state index contributed by atoms with van der Waals surface area (Å²) in [5.74, 6) is 5.28. The summed E-state index contributed by atoms with van der Waals surface area (Å²) >= 11 is 1.54. The number of nitrogen functional groups attached to an aromatic ring is 1. The molecule has 0 amide bonds. The van der Waals surface area contributed by atoms with Gasteiger partial charge in [-0.3, -0.25) is 10.3 Å². The average molecular weight is 239 g/mol. The quantitative estimate of drug-likeness (QED) is 0.582. The summed E-state index contributed by atoms with van der Waals surface area (Å²) in [6.45, 7) is 5.86. The molecule has 0 aliphatic carbocycles. The van der Waals surface area contributed by atoms with Gasteiger partial charge in [-0.15, -0.1) is 0 Å². The summed E-state index contributed by atoms with van der Waals surface area (Å²) in [6.07, 6.45) is 2.38. The van der Waals surface area contributed by atoms with Gasteiger partial charge in [0.15, 0.2) is 5.13 Å². The van der Waals surface area contributed by atoms with E-state index in [0.717, 1.165) is 23.1 Å². The number of nitrogens with two attached hydrogens (primary N) is 1. The van der Waals surface area contributed by atoms with Crippen LogP contribution in [0.4, 0.5) is 5.13 Å². The number of anilines is 1. The third kappa shape index (κ3) is 3.77. The second kappa shape index (κ2) is 6.43. The maximum atomic E-state index is 8.59. The van der Waals surface area contributed by atoms with Crippen molar-refractivity contribution in [2.45, 2.75) is 32.9 Å². The Labute approximate surface area is 99.9 Å². The maximum absolute atomic E-state index is 8.59. The van der Waals surface area contributed by atoms with Crippen LogP contribution in [0.5, 0.6) is 0 Å². The van der Waals surface area contributed by atoms with Crippen molar-refractivity contribution in [1.29, 1.82) is 5.26 Å². The lowest BCUT2D eigenvalue weighted by atomic mass is 10.3. The number of rotatable bonds is 6. The Bertz CT molecular complexity index is 354. The van der Waals surface area contributed by atoms with Gasteiger partial charge in [-0.1, -0.05) is 11.3 Å². The van der Waals surface area contributed by atoms with Crippen molar-refractivity contribution in [2.24, 2.45) is 5.84 Å². The molecule has 5 nitrogen and oxygen atoms in total. The van der Waals surface area contributed by atoms with Crippen LogP contribution in [0.1, 0.15) is 25.1 Å². The molecule has 0 atom stereocenters. The summed E-state index contributed by atoms with van der Waals surface area (Å²) in [5.41, 5.74) is 2.53. The summed E-state index contributed by atoms with van der Waals surface area (Å²) < 4.78 is 0. The minimum Gasteiger partial charge on any atom is -0.300 e. The second-order valence-electron chi connectivity index (χ2n) is 3.75. The number of hydrazine groups is 1. The van der Waals surface area contributed by atoms with Crippen LogP contribution in [0.3, 0.4) is 0 Å². The van der Waals surface area contributed by atoms with E-state index in [-0.39, 0.29) is 0 Å². The van der Waals surface area contributed by atoms with E-state index in [1.807, 2.05) is 6.20 Å². The molecule has 1 aromatic heterocycles. The lowest BCUT2D eigenvalue weighted by molar-refractivity contribution is 0.219. The van der Waals surface area contributed by atoms with Gasteiger partial charge in [0.05, 0.1) is 6.07 Å². The molecule has 0 aliphatic heterocycles. The smallest absolute Gasteiger partial charge is 0.197 e. The topological polar surface area (TPSA) is 78.0 Å². The molecule has 0 aromatic carbocycles. The van der Waals surface area contributed by atoms with E-state index in [0.29, 0.717) is 12.5 Å². The van der Waals surface area contributed by atoms with E-state index < -0.39 is 0 Å². The molecule has 3 N–H and O–H groups in total. The van der Waals surface area contributed by atoms with E-state index in [1.165, 1.54) is 0 Å². The fourth-order valence-electron chi connectivity index (χ4n) is 1.36. The zero-order chi connectivity index (χ0) is 12.0. The molecule has 1 heterocycles. The van der Waals surface area contributed by atoms with Crippen LogP contribution in [0.15, 0.2) is 6.20 Å². The molecule has 0 aliphatic rings. The summed E-state index contributed by atoms with van der Waals surface area (Å²) in [6, 6.07) is 2.59. The van der Waals surface area contributed by atoms with Crippen molar-refractivity contribution in [3.63, 3.8) is 0 Å². The number of nitriles is 1. The van der Waals surface area contributed by atoms with Gasteiger partial charge < -0.3 is 0 Å². The standard InChI is InChI=1S/C10H17N5S/c1-8(2)15(5-3-4-11)7-9-6-13-10(14-12)16-9/h6,8H,3,5,7,12H2,1-2H3,(H,13,14). The number of aromatic nitrogens is 1. The number of nitrogens with one attached hydrogen (secondary N) is 1. The van der Waals surface area contributed by atoms with Gasteiger partial charge in [0.25, 0.3) is 0 Å². The van der Waals surface area contributed by atoms with Crippen LogP contribution >= 0.6 is 11.3 Å². The maximum Gasteiger partial charge on any atom is 0.197 e. The largest absolute Gasteiger partial charge is 0.300 e. The van der Waals surface area contributed by atoms with E-state index in [9.17, 15) is 0 Å². The predicted molar refractivity (Wildman–Crippen MR) is 65.7 cm³/mol. The zero-order valence-electron chi connectivity index (χ0n) is 9.60. The second-order valence-corrected chi connectivity index (χ2v) is 4.86. The predicted octanol–water partition coefficient (Wildman–Crippen LogP) is 1.55. The van der Waals surface area contributed by atoms with Crippen LogP contribution in [-0.4, -0.2) is 22.5 Å². The van der Waals surface area contributed by atoms with E-state index in [1.54, 1.807) is 11.3 Å². The molecular weight excluding hydrogens is 222 g/mol. The molecular formula is C10H17N5S. The highest BCUT2D eigenvalue weighted by molar-refractivity contribution is 7.15. The number of thiazole rings is 1. The van der Waals surface area contributed by atoms with Crippen LogP contribution in [0.2, 0.25) is 0 Å². The van der Waals surface area contributed by atoms with Crippen molar-refractivity contribution < 1.29 is 0 Å². The minimum atomic E-state index is 0.421. The third-order valence-corrected chi connectivity index (χ3v) is 3.19. The Balaban J connectivity index is 2.57. The SMILES string of the molecule is CC(C)N(CCC#N)Cc1cnc(NN)s1. The van der Waals surface area contributed by atoms with Gasteiger partial charge in [0.1, 0.15) is 0 Å². The molecule has 0 fully saturated rings. The molecule has 88 valence electrons. The highest BCUT2D eigenvalue weighted by atomic mass is 32.1. The van der Waals surface area contributed by atoms with Gasteiger partial charge >= 0.3 is 0 Å². The van der Waals surface area contributed by atoms with Gasteiger partial charge in [-0.25, -0.2) is 10.8 Å². The molecule has 0 radical (unpaired) electrons. The third-order valence-electron chi connectivity index (χ3n) is 2.28. The average Bonchev–Trinajstić information content (AvgIpc) is 2.71. The molecule has 0 saturated heterocycles.